The molecule has 0 saturated heterocycles. The van der Waals surface area contributed by atoms with Crippen molar-refractivity contribution in [2.45, 2.75) is 19.4 Å². The Hall–Kier alpha value is -3.46. The number of nitriles is 1. The Morgan fingerprint density at radius 1 is 1.31 bits per heavy atom. The Labute approximate surface area is 150 Å². The van der Waals surface area contributed by atoms with Gasteiger partial charge in [-0.2, -0.15) is 5.26 Å². The number of aryl methyl sites for hydroxylation is 1. The first-order chi connectivity index (χ1) is 12.7. The summed E-state index contributed by atoms with van der Waals surface area (Å²) in [6.45, 7) is 2.05. The van der Waals surface area contributed by atoms with Crippen molar-refractivity contribution in [3.8, 4) is 17.7 Å². The van der Waals surface area contributed by atoms with E-state index in [-0.39, 0.29) is 23.1 Å². The number of carbonyl (C=O) groups is 1. The maximum absolute atomic E-state index is 12.7. The highest BCUT2D eigenvalue weighted by Gasteiger charge is 2.27. The van der Waals surface area contributed by atoms with Gasteiger partial charge in [-0.1, -0.05) is 18.2 Å². The van der Waals surface area contributed by atoms with Crippen molar-refractivity contribution in [1.29, 1.82) is 5.26 Å². The fourth-order valence-electron chi connectivity index (χ4n) is 3.22. The van der Waals surface area contributed by atoms with Gasteiger partial charge < -0.3 is 14.5 Å². The number of benzene rings is 1. The fourth-order valence-corrected chi connectivity index (χ4v) is 3.22. The summed E-state index contributed by atoms with van der Waals surface area (Å²) in [6.07, 6.45) is 4.17. The van der Waals surface area contributed by atoms with Crippen LogP contribution in [0.15, 0.2) is 53.2 Å². The highest BCUT2D eigenvalue weighted by molar-refractivity contribution is 5.98. The predicted octanol–water partition coefficient (Wildman–Crippen LogP) is 2.98. The number of hydrogen-bond donors (Lipinski definition) is 1. The lowest BCUT2D eigenvalue weighted by atomic mass is 10.1. The van der Waals surface area contributed by atoms with E-state index in [1.165, 1.54) is 0 Å². The van der Waals surface area contributed by atoms with Crippen molar-refractivity contribution in [1.82, 2.24) is 9.88 Å². The third kappa shape index (κ3) is 2.74. The summed E-state index contributed by atoms with van der Waals surface area (Å²) in [5.41, 5.74) is 1.64. The van der Waals surface area contributed by atoms with E-state index < -0.39 is 0 Å². The average molecular weight is 347 g/mol. The average Bonchev–Trinajstić information content (AvgIpc) is 3.36. The van der Waals surface area contributed by atoms with Crippen molar-refractivity contribution in [2.75, 3.05) is 6.54 Å². The Morgan fingerprint density at radius 2 is 2.08 bits per heavy atom. The number of nitrogens with one attached hydrogen (secondary N) is 1. The van der Waals surface area contributed by atoms with E-state index in [0.717, 1.165) is 17.7 Å². The molecule has 130 valence electrons. The number of carbonyl (C=O) groups excluding carboxylic acids is 1. The van der Waals surface area contributed by atoms with Crippen molar-refractivity contribution in [3.05, 3.63) is 71.2 Å². The number of amides is 1. The zero-order chi connectivity index (χ0) is 18.1. The molecule has 0 fully saturated rings. The van der Waals surface area contributed by atoms with Crippen LogP contribution in [0.25, 0.3) is 5.88 Å². The van der Waals surface area contributed by atoms with Crippen LogP contribution in [-0.2, 0) is 6.42 Å². The number of rotatable bonds is 4. The van der Waals surface area contributed by atoms with E-state index in [1.54, 1.807) is 23.9 Å². The van der Waals surface area contributed by atoms with Crippen molar-refractivity contribution in [2.24, 2.45) is 0 Å². The third-order valence-electron chi connectivity index (χ3n) is 4.45. The van der Waals surface area contributed by atoms with E-state index in [0.29, 0.717) is 18.2 Å². The molecule has 1 amide bonds. The predicted molar refractivity (Wildman–Crippen MR) is 94.4 cm³/mol. The molecule has 0 saturated carbocycles. The van der Waals surface area contributed by atoms with Gasteiger partial charge >= 0.3 is 0 Å². The normalized spacial score (nSPS) is 15.2. The highest BCUT2D eigenvalue weighted by atomic mass is 16.5. The molecule has 3 heterocycles. The minimum absolute atomic E-state index is 0.113. The van der Waals surface area contributed by atoms with Gasteiger partial charge in [0.25, 0.3) is 5.91 Å². The molecule has 3 aromatic rings. The number of fused-ring (bicyclic) bond motifs is 1. The fraction of sp³-hybridized carbons (Fsp3) is 0.200. The van der Waals surface area contributed by atoms with Crippen LogP contribution in [0.5, 0.6) is 5.75 Å². The summed E-state index contributed by atoms with van der Waals surface area (Å²) >= 11 is 0. The van der Waals surface area contributed by atoms with E-state index in [2.05, 4.69) is 11.4 Å². The summed E-state index contributed by atoms with van der Waals surface area (Å²) in [6, 6.07) is 13.6. The highest BCUT2D eigenvalue weighted by Crippen LogP contribution is 2.28. The van der Waals surface area contributed by atoms with Crippen molar-refractivity contribution >= 4 is 5.91 Å². The van der Waals surface area contributed by atoms with Crippen LogP contribution in [0.4, 0.5) is 0 Å². The maximum Gasteiger partial charge on any atom is 0.256 e. The molecular formula is C20H17N3O3. The lowest BCUT2D eigenvalue weighted by Gasteiger charge is -2.11. The number of para-hydroxylation sites is 1. The monoisotopic (exact) mass is 347 g/mol. The maximum atomic E-state index is 12.7. The number of hydrogen-bond acceptors (Lipinski definition) is 4. The molecule has 6 nitrogen and oxygen atoms in total. The second kappa shape index (κ2) is 6.45. The summed E-state index contributed by atoms with van der Waals surface area (Å²) in [4.78, 5) is 12.7. The topological polar surface area (TPSA) is 80.2 Å². The molecule has 0 spiro atoms. The molecule has 2 aromatic heterocycles. The molecular weight excluding hydrogens is 330 g/mol. The Morgan fingerprint density at radius 3 is 2.81 bits per heavy atom. The van der Waals surface area contributed by atoms with Gasteiger partial charge in [0.2, 0.25) is 5.88 Å². The van der Waals surface area contributed by atoms with Crippen LogP contribution < -0.4 is 10.1 Å². The molecule has 1 atom stereocenters. The van der Waals surface area contributed by atoms with Crippen LogP contribution in [0, 0.1) is 18.3 Å². The molecule has 1 aliphatic heterocycles. The third-order valence-corrected chi connectivity index (χ3v) is 4.45. The molecule has 4 rings (SSSR count). The molecule has 6 heteroatoms. The minimum Gasteiger partial charge on any atom is -0.488 e. The summed E-state index contributed by atoms with van der Waals surface area (Å²) in [5.74, 6) is 1.29. The zero-order valence-electron chi connectivity index (χ0n) is 14.2. The van der Waals surface area contributed by atoms with Gasteiger partial charge in [0.05, 0.1) is 6.54 Å². The van der Waals surface area contributed by atoms with Crippen LogP contribution in [0.3, 0.4) is 0 Å². The lowest BCUT2D eigenvalue weighted by Crippen LogP contribution is -2.34. The number of furan rings is 1. The first kappa shape index (κ1) is 16.0. The molecule has 1 aliphatic rings. The molecule has 1 N–H and O–H groups in total. The number of ether oxygens (including phenoxy) is 1. The SMILES string of the molecule is Cc1oc(-n2cccc2)c(C#N)c1C(=O)NCC1Cc2ccccc2O1. The van der Waals surface area contributed by atoms with Gasteiger partial charge in [0.15, 0.2) is 0 Å². The van der Waals surface area contributed by atoms with Gasteiger partial charge in [0.1, 0.15) is 34.8 Å². The smallest absolute Gasteiger partial charge is 0.256 e. The Bertz CT molecular complexity index is 971. The van der Waals surface area contributed by atoms with Gasteiger partial charge in [-0.25, -0.2) is 0 Å². The first-order valence-corrected chi connectivity index (χ1v) is 8.37. The standard InChI is InChI=1S/C20H17N3O3/c1-13-18(16(11-21)20(25-13)23-8-4-5-9-23)19(24)22-12-15-10-14-6-2-3-7-17(14)26-15/h2-9,15H,10,12H2,1H3,(H,22,24). The largest absolute Gasteiger partial charge is 0.488 e. The van der Waals surface area contributed by atoms with Crippen LogP contribution in [-0.4, -0.2) is 23.1 Å². The van der Waals surface area contributed by atoms with Gasteiger partial charge in [0, 0.05) is 18.8 Å². The van der Waals surface area contributed by atoms with Crippen molar-refractivity contribution in [3.63, 3.8) is 0 Å². The molecule has 1 unspecified atom stereocenters. The second-order valence-electron chi connectivity index (χ2n) is 6.18. The summed E-state index contributed by atoms with van der Waals surface area (Å²) in [5, 5.41) is 12.4. The first-order valence-electron chi connectivity index (χ1n) is 8.37. The second-order valence-corrected chi connectivity index (χ2v) is 6.18. The molecule has 0 bridgehead atoms. The minimum atomic E-state index is -0.333. The zero-order valence-corrected chi connectivity index (χ0v) is 14.2. The molecule has 26 heavy (non-hydrogen) atoms. The van der Waals surface area contributed by atoms with Crippen LogP contribution >= 0.6 is 0 Å². The van der Waals surface area contributed by atoms with E-state index in [4.69, 9.17) is 9.15 Å². The molecule has 1 aromatic carbocycles. The number of nitrogens with zero attached hydrogens (tertiary/aromatic N) is 2. The van der Waals surface area contributed by atoms with Gasteiger partial charge in [-0.05, 0) is 30.7 Å². The molecule has 0 aliphatic carbocycles. The summed E-state index contributed by atoms with van der Waals surface area (Å²) in [7, 11) is 0. The van der Waals surface area contributed by atoms with Crippen molar-refractivity contribution < 1.29 is 13.9 Å². The van der Waals surface area contributed by atoms with E-state index in [9.17, 15) is 10.1 Å². The lowest BCUT2D eigenvalue weighted by molar-refractivity contribution is 0.0932. The summed E-state index contributed by atoms with van der Waals surface area (Å²) < 4.78 is 13.2. The number of aromatic nitrogens is 1. The van der Waals surface area contributed by atoms with E-state index >= 15 is 0 Å². The van der Waals surface area contributed by atoms with Crippen LogP contribution in [0.2, 0.25) is 0 Å². The van der Waals surface area contributed by atoms with Gasteiger partial charge in [-0.3, -0.25) is 9.36 Å². The van der Waals surface area contributed by atoms with Gasteiger partial charge in [-0.15, -0.1) is 0 Å². The molecule has 0 radical (unpaired) electrons. The quantitative estimate of drug-likeness (QED) is 0.787. The Balaban J connectivity index is 1.50. The Kier molecular flexibility index (Phi) is 3.98. The van der Waals surface area contributed by atoms with Crippen LogP contribution in [0.1, 0.15) is 27.2 Å². The van der Waals surface area contributed by atoms with E-state index in [1.807, 2.05) is 36.4 Å².